The molecule has 52 heavy (non-hydrogen) atoms. The molecule has 0 aliphatic carbocycles. The van der Waals surface area contributed by atoms with Crippen molar-refractivity contribution in [2.45, 2.75) is 0 Å². The van der Waals surface area contributed by atoms with Crippen LogP contribution in [-0.4, -0.2) is 15.0 Å². The SMILES string of the molecule is N#Cc1ccc(-c2cc(-c3nc(-c4ccccc4)nc(-c4ccccc4)n3)cc(-c3c(-c4ccccc4)c4ccccc4c4ccccc34)c2)cc1. The predicted octanol–water partition coefficient (Wildman–Crippen LogP) is 12.1. The smallest absolute Gasteiger partial charge is 0.164 e. The van der Waals surface area contributed by atoms with E-state index in [1.54, 1.807) is 0 Å². The first-order chi connectivity index (χ1) is 25.7. The molecule has 9 rings (SSSR count). The van der Waals surface area contributed by atoms with E-state index in [0.717, 1.165) is 49.9 Å². The highest BCUT2D eigenvalue weighted by atomic mass is 15.0. The summed E-state index contributed by atoms with van der Waals surface area (Å²) in [4.78, 5) is 15.2. The molecule has 1 heterocycles. The normalized spacial score (nSPS) is 11.1. The molecule has 0 radical (unpaired) electrons. The van der Waals surface area contributed by atoms with Crippen molar-refractivity contribution < 1.29 is 0 Å². The Morgan fingerprint density at radius 2 is 0.692 bits per heavy atom. The van der Waals surface area contributed by atoms with Crippen LogP contribution in [0.3, 0.4) is 0 Å². The van der Waals surface area contributed by atoms with E-state index in [2.05, 4.69) is 103 Å². The van der Waals surface area contributed by atoms with E-state index in [9.17, 15) is 5.26 Å². The topological polar surface area (TPSA) is 62.5 Å². The second-order valence-electron chi connectivity index (χ2n) is 12.7. The lowest BCUT2D eigenvalue weighted by molar-refractivity contribution is 1.07. The standard InChI is InChI=1S/C48H30N4/c49-31-32-24-26-33(27-25-32)37-28-38(45-43-23-13-11-21-41(43)40-20-10-12-22-42(40)44(45)34-14-4-1-5-15-34)30-39(29-37)48-51-46(35-16-6-2-7-17-35)50-47(52-48)36-18-8-3-9-19-36/h1-30H. The molecule has 4 heteroatoms. The number of nitriles is 1. The number of rotatable bonds is 6. The van der Waals surface area contributed by atoms with Crippen molar-refractivity contribution in [2.75, 3.05) is 0 Å². The molecule has 0 fully saturated rings. The Bertz CT molecular complexity index is 2710. The van der Waals surface area contributed by atoms with Crippen LogP contribution in [0.25, 0.3) is 89.1 Å². The minimum atomic E-state index is 0.579. The van der Waals surface area contributed by atoms with Crippen LogP contribution in [0.15, 0.2) is 182 Å². The van der Waals surface area contributed by atoms with Crippen molar-refractivity contribution in [3.05, 3.63) is 188 Å². The van der Waals surface area contributed by atoms with Crippen molar-refractivity contribution in [3.63, 3.8) is 0 Å². The molecule has 0 spiro atoms. The summed E-state index contributed by atoms with van der Waals surface area (Å²) in [5, 5.41) is 14.3. The van der Waals surface area contributed by atoms with E-state index in [1.807, 2.05) is 84.9 Å². The first kappa shape index (κ1) is 30.8. The van der Waals surface area contributed by atoms with E-state index in [4.69, 9.17) is 15.0 Å². The zero-order chi connectivity index (χ0) is 34.9. The summed E-state index contributed by atoms with van der Waals surface area (Å²) in [6.45, 7) is 0. The molecule has 0 aliphatic heterocycles. The third-order valence-electron chi connectivity index (χ3n) is 9.52. The Balaban J connectivity index is 1.38. The van der Waals surface area contributed by atoms with Gasteiger partial charge in [-0.1, -0.05) is 152 Å². The molecule has 0 aliphatic rings. The maximum absolute atomic E-state index is 9.58. The first-order valence-corrected chi connectivity index (χ1v) is 17.3. The molecule has 0 saturated heterocycles. The molecule has 8 aromatic carbocycles. The third-order valence-corrected chi connectivity index (χ3v) is 9.52. The Hall–Kier alpha value is -7.22. The summed E-state index contributed by atoms with van der Waals surface area (Å²) >= 11 is 0. The van der Waals surface area contributed by atoms with Gasteiger partial charge in [-0.05, 0) is 85.3 Å². The molecular formula is C48H30N4. The highest BCUT2D eigenvalue weighted by Crippen LogP contribution is 2.46. The van der Waals surface area contributed by atoms with Crippen LogP contribution in [0.1, 0.15) is 5.56 Å². The Morgan fingerprint density at radius 1 is 0.308 bits per heavy atom. The summed E-state index contributed by atoms with van der Waals surface area (Å²) in [5.41, 5.74) is 9.79. The molecule has 4 nitrogen and oxygen atoms in total. The van der Waals surface area contributed by atoms with Gasteiger partial charge in [0.15, 0.2) is 17.5 Å². The van der Waals surface area contributed by atoms with E-state index in [0.29, 0.717) is 23.0 Å². The van der Waals surface area contributed by atoms with Crippen molar-refractivity contribution in [1.82, 2.24) is 15.0 Å². The van der Waals surface area contributed by atoms with Gasteiger partial charge in [-0.25, -0.2) is 15.0 Å². The van der Waals surface area contributed by atoms with Crippen LogP contribution >= 0.6 is 0 Å². The van der Waals surface area contributed by atoms with Gasteiger partial charge in [0.1, 0.15) is 0 Å². The van der Waals surface area contributed by atoms with Gasteiger partial charge in [-0.2, -0.15) is 5.26 Å². The number of hydrogen-bond acceptors (Lipinski definition) is 4. The molecular weight excluding hydrogens is 633 g/mol. The van der Waals surface area contributed by atoms with Gasteiger partial charge in [0, 0.05) is 16.7 Å². The van der Waals surface area contributed by atoms with Crippen LogP contribution in [0.4, 0.5) is 0 Å². The molecule has 0 amide bonds. The molecule has 1 aromatic heterocycles. The maximum atomic E-state index is 9.58. The van der Waals surface area contributed by atoms with Gasteiger partial charge in [-0.15, -0.1) is 0 Å². The van der Waals surface area contributed by atoms with Crippen molar-refractivity contribution in [3.8, 4) is 73.6 Å². The van der Waals surface area contributed by atoms with Crippen LogP contribution in [0, 0.1) is 11.3 Å². The molecule has 9 aromatic rings. The van der Waals surface area contributed by atoms with Gasteiger partial charge in [0.25, 0.3) is 0 Å². The average Bonchev–Trinajstić information content (AvgIpc) is 3.24. The summed E-state index contributed by atoms with van der Waals surface area (Å²) in [7, 11) is 0. The highest BCUT2D eigenvalue weighted by Gasteiger charge is 2.20. The Morgan fingerprint density at radius 3 is 1.19 bits per heavy atom. The fourth-order valence-electron chi connectivity index (χ4n) is 7.09. The van der Waals surface area contributed by atoms with E-state index in [1.165, 1.54) is 21.7 Å². The fourth-order valence-corrected chi connectivity index (χ4v) is 7.09. The lowest BCUT2D eigenvalue weighted by Crippen LogP contribution is -2.01. The summed E-state index contributed by atoms with van der Waals surface area (Å²) in [6, 6.07) is 64.7. The minimum absolute atomic E-state index is 0.579. The van der Waals surface area contributed by atoms with Crippen LogP contribution in [0.5, 0.6) is 0 Å². The highest BCUT2D eigenvalue weighted by molar-refractivity contribution is 6.21. The lowest BCUT2D eigenvalue weighted by Gasteiger charge is -2.20. The van der Waals surface area contributed by atoms with Crippen molar-refractivity contribution in [1.29, 1.82) is 5.26 Å². The fraction of sp³-hybridized carbons (Fsp3) is 0. The Kier molecular flexibility index (Phi) is 7.85. The van der Waals surface area contributed by atoms with Crippen LogP contribution < -0.4 is 0 Å². The molecule has 0 atom stereocenters. The quantitative estimate of drug-likeness (QED) is 0.166. The van der Waals surface area contributed by atoms with Crippen molar-refractivity contribution >= 4 is 21.5 Å². The van der Waals surface area contributed by atoms with Crippen LogP contribution in [-0.2, 0) is 0 Å². The van der Waals surface area contributed by atoms with Gasteiger partial charge in [0.2, 0.25) is 0 Å². The summed E-state index contributed by atoms with van der Waals surface area (Å²) in [5.74, 6) is 1.79. The molecule has 0 bridgehead atoms. The van der Waals surface area contributed by atoms with E-state index >= 15 is 0 Å². The summed E-state index contributed by atoms with van der Waals surface area (Å²) in [6.07, 6.45) is 0. The summed E-state index contributed by atoms with van der Waals surface area (Å²) < 4.78 is 0. The number of hydrogen-bond donors (Lipinski definition) is 0. The minimum Gasteiger partial charge on any atom is -0.208 e. The first-order valence-electron chi connectivity index (χ1n) is 17.3. The number of aromatic nitrogens is 3. The maximum Gasteiger partial charge on any atom is 0.164 e. The van der Waals surface area contributed by atoms with E-state index < -0.39 is 0 Å². The number of benzene rings is 8. The van der Waals surface area contributed by atoms with Gasteiger partial charge in [-0.3, -0.25) is 0 Å². The largest absolute Gasteiger partial charge is 0.208 e. The number of nitrogens with zero attached hydrogens (tertiary/aromatic N) is 4. The van der Waals surface area contributed by atoms with Gasteiger partial charge < -0.3 is 0 Å². The molecule has 0 unspecified atom stereocenters. The number of fused-ring (bicyclic) bond motifs is 3. The van der Waals surface area contributed by atoms with E-state index in [-0.39, 0.29) is 0 Å². The zero-order valence-electron chi connectivity index (χ0n) is 28.1. The lowest BCUT2D eigenvalue weighted by atomic mass is 9.84. The second-order valence-corrected chi connectivity index (χ2v) is 12.7. The van der Waals surface area contributed by atoms with Gasteiger partial charge >= 0.3 is 0 Å². The second kappa shape index (κ2) is 13.2. The molecule has 0 N–H and O–H groups in total. The third kappa shape index (κ3) is 5.67. The van der Waals surface area contributed by atoms with Gasteiger partial charge in [0.05, 0.1) is 11.6 Å². The van der Waals surface area contributed by atoms with Crippen LogP contribution in [0.2, 0.25) is 0 Å². The molecule has 0 saturated carbocycles. The molecule has 242 valence electrons. The average molecular weight is 663 g/mol. The van der Waals surface area contributed by atoms with Crippen molar-refractivity contribution in [2.24, 2.45) is 0 Å². The predicted molar refractivity (Wildman–Crippen MR) is 212 cm³/mol. The Labute approximate surface area is 302 Å². The monoisotopic (exact) mass is 662 g/mol. The zero-order valence-corrected chi connectivity index (χ0v) is 28.1.